The molecular formula is C15H23N3O3. The number of anilines is 1. The molecule has 6 nitrogen and oxygen atoms in total. The van der Waals surface area contributed by atoms with Crippen LogP contribution in [0.5, 0.6) is 5.75 Å². The van der Waals surface area contributed by atoms with Crippen molar-refractivity contribution in [3.63, 3.8) is 0 Å². The van der Waals surface area contributed by atoms with Gasteiger partial charge in [0.05, 0.1) is 7.11 Å². The summed E-state index contributed by atoms with van der Waals surface area (Å²) in [7, 11) is 1.51. The zero-order chi connectivity index (χ0) is 15.8. The Bertz CT molecular complexity index is 501. The molecule has 0 fully saturated rings. The monoisotopic (exact) mass is 293 g/mol. The van der Waals surface area contributed by atoms with E-state index < -0.39 is 0 Å². The van der Waals surface area contributed by atoms with Crippen molar-refractivity contribution >= 4 is 17.5 Å². The number of hydrogen-bond donors (Lipinski definition) is 3. The predicted molar refractivity (Wildman–Crippen MR) is 82.2 cm³/mol. The molecule has 21 heavy (non-hydrogen) atoms. The van der Waals surface area contributed by atoms with Gasteiger partial charge in [-0.25, -0.2) is 0 Å². The summed E-state index contributed by atoms with van der Waals surface area (Å²) < 4.78 is 5.06. The molecule has 0 bridgehead atoms. The van der Waals surface area contributed by atoms with Crippen molar-refractivity contribution < 1.29 is 14.3 Å². The quantitative estimate of drug-likeness (QED) is 0.658. The molecule has 0 spiro atoms. The molecule has 4 N–H and O–H groups in total. The first kappa shape index (κ1) is 16.8. The molecule has 0 aliphatic rings. The van der Waals surface area contributed by atoms with Crippen LogP contribution in [0, 0.1) is 5.92 Å². The van der Waals surface area contributed by atoms with Crippen molar-refractivity contribution in [2.45, 2.75) is 20.3 Å². The molecule has 0 aromatic heterocycles. The Morgan fingerprint density at radius 1 is 1.24 bits per heavy atom. The number of benzene rings is 1. The van der Waals surface area contributed by atoms with Gasteiger partial charge in [0.25, 0.3) is 5.91 Å². The van der Waals surface area contributed by atoms with E-state index in [-0.39, 0.29) is 24.8 Å². The largest absolute Gasteiger partial charge is 0.497 e. The minimum atomic E-state index is -0.280. The number of nitrogens with two attached hydrogens (primary N) is 1. The van der Waals surface area contributed by atoms with E-state index in [2.05, 4.69) is 10.6 Å². The van der Waals surface area contributed by atoms with E-state index in [1.807, 2.05) is 13.8 Å². The lowest BCUT2D eigenvalue weighted by atomic mass is 10.1. The first-order chi connectivity index (χ1) is 9.92. The highest BCUT2D eigenvalue weighted by molar-refractivity contribution is 5.95. The van der Waals surface area contributed by atoms with Gasteiger partial charge in [0.1, 0.15) is 5.75 Å². The number of rotatable bonds is 7. The molecule has 116 valence electrons. The average Bonchev–Trinajstić information content (AvgIpc) is 2.44. The standard InChI is InChI=1S/C15H23N3O3/c1-10(2)9-18-14(19)4-5-17-15(20)11-6-12(16)8-13(7-11)21-3/h6-8,10H,4-5,9,16H2,1-3H3,(H,17,20)(H,18,19). The maximum Gasteiger partial charge on any atom is 0.251 e. The van der Waals surface area contributed by atoms with Gasteiger partial charge in [-0.05, 0) is 18.1 Å². The Hall–Kier alpha value is -2.24. The summed E-state index contributed by atoms with van der Waals surface area (Å²) >= 11 is 0. The summed E-state index contributed by atoms with van der Waals surface area (Å²) in [5.74, 6) is 0.574. The van der Waals surface area contributed by atoms with E-state index in [4.69, 9.17) is 10.5 Å². The average molecular weight is 293 g/mol. The van der Waals surface area contributed by atoms with Crippen molar-refractivity contribution in [1.82, 2.24) is 10.6 Å². The molecule has 1 aromatic carbocycles. The zero-order valence-corrected chi connectivity index (χ0v) is 12.7. The van der Waals surface area contributed by atoms with E-state index in [0.717, 1.165) is 0 Å². The second-order valence-corrected chi connectivity index (χ2v) is 5.20. The molecule has 2 amide bonds. The van der Waals surface area contributed by atoms with Crippen molar-refractivity contribution in [2.75, 3.05) is 25.9 Å². The van der Waals surface area contributed by atoms with Gasteiger partial charge in [0.15, 0.2) is 0 Å². The Labute approximate surface area is 125 Å². The normalized spacial score (nSPS) is 10.3. The third-order valence-corrected chi connectivity index (χ3v) is 2.77. The van der Waals surface area contributed by atoms with Crippen LogP contribution in [0.15, 0.2) is 18.2 Å². The molecule has 0 heterocycles. The minimum Gasteiger partial charge on any atom is -0.497 e. The van der Waals surface area contributed by atoms with Crippen LogP contribution >= 0.6 is 0 Å². The van der Waals surface area contributed by atoms with Crippen molar-refractivity contribution in [3.8, 4) is 5.75 Å². The van der Waals surface area contributed by atoms with Crippen LogP contribution in [-0.4, -0.2) is 32.0 Å². The number of ether oxygens (including phenoxy) is 1. The first-order valence-corrected chi connectivity index (χ1v) is 6.91. The van der Waals surface area contributed by atoms with E-state index in [1.54, 1.807) is 18.2 Å². The van der Waals surface area contributed by atoms with Crippen LogP contribution in [0.4, 0.5) is 5.69 Å². The van der Waals surface area contributed by atoms with Crippen LogP contribution in [-0.2, 0) is 4.79 Å². The fourth-order valence-corrected chi connectivity index (χ4v) is 1.67. The summed E-state index contributed by atoms with van der Waals surface area (Å²) in [5, 5.41) is 5.48. The zero-order valence-electron chi connectivity index (χ0n) is 12.7. The summed E-state index contributed by atoms with van der Waals surface area (Å²) in [5.41, 5.74) is 6.56. The smallest absolute Gasteiger partial charge is 0.251 e. The lowest BCUT2D eigenvalue weighted by molar-refractivity contribution is -0.121. The molecule has 1 rings (SSSR count). The molecule has 0 atom stereocenters. The maximum atomic E-state index is 12.0. The molecule has 0 aliphatic heterocycles. The van der Waals surface area contributed by atoms with Gasteiger partial charge in [0, 0.05) is 36.8 Å². The first-order valence-electron chi connectivity index (χ1n) is 6.91. The molecule has 6 heteroatoms. The lowest BCUT2D eigenvalue weighted by Crippen LogP contribution is -2.32. The van der Waals surface area contributed by atoms with Gasteiger partial charge >= 0.3 is 0 Å². The number of nitrogens with one attached hydrogen (secondary N) is 2. The van der Waals surface area contributed by atoms with Crippen molar-refractivity contribution in [3.05, 3.63) is 23.8 Å². The Morgan fingerprint density at radius 2 is 1.95 bits per heavy atom. The SMILES string of the molecule is COc1cc(N)cc(C(=O)NCCC(=O)NCC(C)C)c1. The third kappa shape index (κ3) is 6.16. The topological polar surface area (TPSA) is 93.4 Å². The van der Waals surface area contributed by atoms with E-state index in [9.17, 15) is 9.59 Å². The summed E-state index contributed by atoms with van der Waals surface area (Å²) in [6, 6.07) is 4.80. The fourth-order valence-electron chi connectivity index (χ4n) is 1.67. The van der Waals surface area contributed by atoms with Gasteiger partial charge in [-0.2, -0.15) is 0 Å². The summed E-state index contributed by atoms with van der Waals surface area (Å²) in [6.45, 7) is 4.96. The van der Waals surface area contributed by atoms with Crippen LogP contribution in [0.3, 0.4) is 0 Å². The van der Waals surface area contributed by atoms with Gasteiger partial charge in [-0.15, -0.1) is 0 Å². The second-order valence-electron chi connectivity index (χ2n) is 5.20. The van der Waals surface area contributed by atoms with E-state index >= 15 is 0 Å². The molecule has 0 radical (unpaired) electrons. The van der Waals surface area contributed by atoms with Gasteiger partial charge in [-0.3, -0.25) is 9.59 Å². The van der Waals surface area contributed by atoms with Crippen LogP contribution in [0.1, 0.15) is 30.6 Å². The Morgan fingerprint density at radius 3 is 2.57 bits per heavy atom. The highest BCUT2D eigenvalue weighted by atomic mass is 16.5. The van der Waals surface area contributed by atoms with Crippen LogP contribution < -0.4 is 21.1 Å². The molecule has 0 aliphatic carbocycles. The number of hydrogen-bond acceptors (Lipinski definition) is 4. The van der Waals surface area contributed by atoms with Gasteiger partial charge < -0.3 is 21.1 Å². The molecule has 0 unspecified atom stereocenters. The third-order valence-electron chi connectivity index (χ3n) is 2.77. The highest BCUT2D eigenvalue weighted by Crippen LogP contribution is 2.18. The van der Waals surface area contributed by atoms with Crippen molar-refractivity contribution in [2.24, 2.45) is 5.92 Å². The molecular weight excluding hydrogens is 270 g/mol. The number of carbonyl (C=O) groups excluding carboxylic acids is 2. The second kappa shape index (κ2) is 8.14. The van der Waals surface area contributed by atoms with Crippen LogP contribution in [0.2, 0.25) is 0 Å². The fraction of sp³-hybridized carbons (Fsp3) is 0.467. The van der Waals surface area contributed by atoms with E-state index in [0.29, 0.717) is 29.5 Å². The van der Waals surface area contributed by atoms with Crippen molar-refractivity contribution in [1.29, 1.82) is 0 Å². The number of amides is 2. The number of nitrogen functional groups attached to an aromatic ring is 1. The van der Waals surface area contributed by atoms with Gasteiger partial charge in [-0.1, -0.05) is 13.8 Å². The molecule has 0 saturated heterocycles. The number of carbonyl (C=O) groups is 2. The Kier molecular flexibility index (Phi) is 6.52. The predicted octanol–water partition coefficient (Wildman–Crippen LogP) is 1.17. The van der Waals surface area contributed by atoms with E-state index in [1.165, 1.54) is 7.11 Å². The lowest BCUT2D eigenvalue weighted by Gasteiger charge is -2.09. The molecule has 0 saturated carbocycles. The highest BCUT2D eigenvalue weighted by Gasteiger charge is 2.09. The van der Waals surface area contributed by atoms with Gasteiger partial charge in [0.2, 0.25) is 5.91 Å². The summed E-state index contributed by atoms with van der Waals surface area (Å²) in [4.78, 5) is 23.5. The summed E-state index contributed by atoms with van der Waals surface area (Å²) in [6.07, 6.45) is 0.248. The number of methoxy groups -OCH3 is 1. The Balaban J connectivity index is 2.44. The molecule has 1 aromatic rings. The van der Waals surface area contributed by atoms with Crippen LogP contribution in [0.25, 0.3) is 0 Å². The minimum absolute atomic E-state index is 0.0749. The maximum absolute atomic E-state index is 12.0.